The second kappa shape index (κ2) is 11.4. The van der Waals surface area contributed by atoms with Gasteiger partial charge in [0.05, 0.1) is 0 Å². The molecular formula is C29H42N3O6PS. The molecule has 40 heavy (non-hydrogen) atoms. The Labute approximate surface area is 237 Å². The van der Waals surface area contributed by atoms with Gasteiger partial charge in [0.25, 0.3) is 0 Å². The molecule has 1 saturated carbocycles. The molecule has 1 aromatic carbocycles. The van der Waals surface area contributed by atoms with E-state index in [9.17, 15) is 18.1 Å². The second-order valence-electron chi connectivity index (χ2n) is 11.5. The van der Waals surface area contributed by atoms with Crippen LogP contribution >= 0.6 is 7.06 Å². The number of furan rings is 1. The fourth-order valence-electron chi connectivity index (χ4n) is 5.08. The van der Waals surface area contributed by atoms with Crippen LogP contribution in [-0.4, -0.2) is 70.1 Å². The van der Waals surface area contributed by atoms with E-state index in [1.54, 1.807) is 20.4 Å². The summed E-state index contributed by atoms with van der Waals surface area (Å²) in [5, 5.41) is 3.28. The van der Waals surface area contributed by atoms with Gasteiger partial charge in [0.1, 0.15) is 0 Å². The first-order valence-corrected chi connectivity index (χ1v) is 18.9. The summed E-state index contributed by atoms with van der Waals surface area (Å²) in [6.07, 6.45) is 5.69. The summed E-state index contributed by atoms with van der Waals surface area (Å²) in [6.45, 7) is 8.16. The van der Waals surface area contributed by atoms with Crippen LogP contribution in [0.5, 0.6) is 0 Å². The minimum atomic E-state index is -3.65. The number of nitrogens with one attached hydrogen (secondary N) is 1. The van der Waals surface area contributed by atoms with Crippen LogP contribution in [0.1, 0.15) is 66.4 Å². The first kappa shape index (κ1) is 30.4. The standard InChI is InChI=1S/C29H42N3O6PS/c1-7-37-39(4,5,34)18-10-8-9-17-32(40(6,35)36)27-23(21-15-16-21)19-24-25(28(33)30-3)26(38-29(24)31-27)22-13-11-20(2)12-14-22/h11-14,19,21,34H,7-10,15-18H2,1-6H3,(H,30,33). The van der Waals surface area contributed by atoms with Crippen molar-refractivity contribution in [2.45, 2.75) is 51.9 Å². The third-order valence-electron chi connectivity index (χ3n) is 7.31. The molecule has 0 bridgehead atoms. The topological polar surface area (TPSA) is 122 Å². The molecule has 2 N–H and O–H groups in total. The zero-order valence-corrected chi connectivity index (χ0v) is 26.1. The SMILES string of the molecule is CCOP(C)(C)(O)CCCCCN(c1nc2oc(-c3ccc(C)cc3)c(C(=O)NC)c2cc1C1CC1)S(C)(=O)=O. The number of benzene rings is 1. The molecule has 0 unspecified atom stereocenters. The number of rotatable bonds is 13. The molecule has 2 aromatic heterocycles. The normalized spacial score (nSPS) is 15.1. The summed E-state index contributed by atoms with van der Waals surface area (Å²) in [6, 6.07) is 9.59. The zero-order chi connectivity index (χ0) is 29.3. The Bertz CT molecular complexity index is 1490. The van der Waals surface area contributed by atoms with Gasteiger partial charge in [-0.2, -0.15) is 0 Å². The number of fused-ring (bicyclic) bond motifs is 1. The number of carbonyl (C=O) groups is 1. The molecule has 0 saturated heterocycles. The molecule has 0 radical (unpaired) electrons. The zero-order valence-electron chi connectivity index (χ0n) is 24.4. The van der Waals surface area contributed by atoms with E-state index in [4.69, 9.17) is 13.9 Å². The van der Waals surface area contributed by atoms with Crippen molar-refractivity contribution in [3.63, 3.8) is 0 Å². The van der Waals surface area contributed by atoms with E-state index in [1.165, 1.54) is 10.6 Å². The van der Waals surface area contributed by atoms with Crippen LogP contribution in [0, 0.1) is 6.92 Å². The van der Waals surface area contributed by atoms with Gasteiger partial charge in [-0.05, 0) is 6.92 Å². The van der Waals surface area contributed by atoms with Crippen LogP contribution in [-0.2, 0) is 14.5 Å². The molecule has 220 valence electrons. The Morgan fingerprint density at radius 2 is 1.88 bits per heavy atom. The van der Waals surface area contributed by atoms with Gasteiger partial charge in [0.2, 0.25) is 0 Å². The molecular weight excluding hydrogens is 549 g/mol. The third-order valence-corrected chi connectivity index (χ3v) is 11.1. The number of pyridine rings is 1. The van der Waals surface area contributed by atoms with Crippen molar-refractivity contribution < 1.29 is 27.0 Å². The number of anilines is 1. The average molecular weight is 592 g/mol. The van der Waals surface area contributed by atoms with E-state index in [-0.39, 0.29) is 24.1 Å². The van der Waals surface area contributed by atoms with Crippen molar-refractivity contribution >= 4 is 39.9 Å². The summed E-state index contributed by atoms with van der Waals surface area (Å²) in [5.41, 5.74) is 3.27. The Kier molecular flexibility index (Phi) is 8.67. The number of aryl methyl sites for hydroxylation is 1. The summed E-state index contributed by atoms with van der Waals surface area (Å²) in [7, 11) is -5.21. The van der Waals surface area contributed by atoms with E-state index in [2.05, 4.69) is 5.32 Å². The first-order valence-electron chi connectivity index (χ1n) is 13.9. The van der Waals surface area contributed by atoms with E-state index in [1.807, 2.05) is 44.2 Å². The predicted octanol–water partition coefficient (Wildman–Crippen LogP) is 5.65. The van der Waals surface area contributed by atoms with E-state index < -0.39 is 17.1 Å². The number of carbonyl (C=O) groups excluding carboxylic acids is 1. The molecule has 1 amide bonds. The van der Waals surface area contributed by atoms with Crippen LogP contribution in [0.25, 0.3) is 22.4 Å². The van der Waals surface area contributed by atoms with E-state index >= 15 is 0 Å². The summed E-state index contributed by atoms with van der Waals surface area (Å²) < 4.78 is 39.3. The van der Waals surface area contributed by atoms with E-state index in [0.717, 1.165) is 42.4 Å². The molecule has 0 aliphatic heterocycles. The maximum absolute atomic E-state index is 13.0. The van der Waals surface area contributed by atoms with Gasteiger partial charge in [-0.15, -0.1) is 0 Å². The second-order valence-corrected chi connectivity index (χ2v) is 18.5. The Hall–Kier alpha value is -2.52. The molecule has 1 aliphatic rings. The number of nitrogens with zero attached hydrogens (tertiary/aromatic N) is 2. The minimum absolute atomic E-state index is 0.179. The van der Waals surface area contributed by atoms with E-state index in [0.29, 0.717) is 41.7 Å². The number of hydrogen-bond donors (Lipinski definition) is 2. The van der Waals surface area contributed by atoms with Crippen molar-refractivity contribution in [1.29, 1.82) is 0 Å². The Balaban J connectivity index is 1.70. The van der Waals surface area contributed by atoms with Crippen LogP contribution in [0.15, 0.2) is 34.7 Å². The van der Waals surface area contributed by atoms with Crippen LogP contribution < -0.4 is 9.62 Å². The van der Waals surface area contributed by atoms with Crippen molar-refractivity contribution in [3.8, 4) is 11.3 Å². The maximum atomic E-state index is 13.0. The monoisotopic (exact) mass is 591 g/mol. The van der Waals surface area contributed by atoms with Crippen molar-refractivity contribution in [3.05, 3.63) is 47.0 Å². The summed E-state index contributed by atoms with van der Waals surface area (Å²) >= 11 is 0. The van der Waals surface area contributed by atoms with Crippen molar-refractivity contribution in [1.82, 2.24) is 10.3 Å². The average Bonchev–Trinajstić information content (AvgIpc) is 3.64. The van der Waals surface area contributed by atoms with Crippen LogP contribution in [0.2, 0.25) is 0 Å². The van der Waals surface area contributed by atoms with Crippen LogP contribution in [0.4, 0.5) is 5.82 Å². The number of amides is 1. The number of unbranched alkanes of at least 4 members (excludes halogenated alkanes) is 2. The van der Waals surface area contributed by atoms with Crippen LogP contribution in [0.3, 0.4) is 0 Å². The van der Waals surface area contributed by atoms with Crippen molar-refractivity contribution in [2.75, 3.05) is 50.3 Å². The van der Waals surface area contributed by atoms with Gasteiger partial charge >= 0.3 is 184 Å². The molecule has 0 spiro atoms. The number of sulfonamides is 1. The first-order chi connectivity index (χ1) is 18.7. The van der Waals surface area contributed by atoms with Gasteiger partial charge in [0, 0.05) is 7.05 Å². The molecule has 0 atom stereocenters. The Morgan fingerprint density at radius 3 is 2.45 bits per heavy atom. The molecule has 3 aromatic rings. The van der Waals surface area contributed by atoms with Gasteiger partial charge in [-0.1, -0.05) is 29.8 Å². The fourth-order valence-corrected chi connectivity index (χ4v) is 8.07. The van der Waals surface area contributed by atoms with Crippen molar-refractivity contribution in [2.24, 2.45) is 0 Å². The van der Waals surface area contributed by atoms with Gasteiger partial charge in [0.15, 0.2) is 0 Å². The number of aromatic nitrogens is 1. The van der Waals surface area contributed by atoms with Gasteiger partial charge in [-0.3, -0.25) is 4.79 Å². The molecule has 11 heteroatoms. The summed E-state index contributed by atoms with van der Waals surface area (Å²) in [4.78, 5) is 28.6. The Morgan fingerprint density at radius 1 is 1.20 bits per heavy atom. The quantitative estimate of drug-likeness (QED) is 0.195. The predicted molar refractivity (Wildman–Crippen MR) is 163 cm³/mol. The number of hydrogen-bond acceptors (Lipinski definition) is 7. The van der Waals surface area contributed by atoms with Gasteiger partial charge < -0.3 is 5.32 Å². The molecule has 1 aliphatic carbocycles. The fraction of sp³-hybridized carbons (Fsp3) is 0.517. The third kappa shape index (κ3) is 7.03. The summed E-state index contributed by atoms with van der Waals surface area (Å²) in [5.74, 6) is 0.668. The molecule has 9 nitrogen and oxygen atoms in total. The molecule has 2 heterocycles. The van der Waals surface area contributed by atoms with Gasteiger partial charge in [-0.25, -0.2) is 0 Å². The molecule has 1 fully saturated rings. The molecule has 4 rings (SSSR count).